The summed E-state index contributed by atoms with van der Waals surface area (Å²) in [7, 11) is 0. The van der Waals surface area contributed by atoms with E-state index in [1.54, 1.807) is 59.3 Å². The Labute approximate surface area is 166 Å². The number of rotatable bonds is 4. The number of hydrogen-bond donors (Lipinski definition) is 1. The lowest BCUT2D eigenvalue weighted by Gasteiger charge is -2.22. The van der Waals surface area contributed by atoms with Gasteiger partial charge in [0.05, 0.1) is 0 Å². The van der Waals surface area contributed by atoms with Crippen molar-refractivity contribution in [2.45, 2.75) is 13.3 Å². The fourth-order valence-corrected chi connectivity index (χ4v) is 3.57. The maximum Gasteiger partial charge on any atom is 0.272 e. The second-order valence-corrected chi connectivity index (χ2v) is 7.19. The first kappa shape index (κ1) is 20.0. The summed E-state index contributed by atoms with van der Waals surface area (Å²) in [6.45, 7) is 3.72. The van der Waals surface area contributed by atoms with Crippen LogP contribution in [0.3, 0.4) is 0 Å². The van der Waals surface area contributed by atoms with Gasteiger partial charge in [0.25, 0.3) is 11.8 Å². The van der Waals surface area contributed by atoms with Gasteiger partial charge in [-0.25, -0.2) is 0 Å². The Hall–Kier alpha value is -2.78. The molecule has 1 saturated heterocycles. The molecule has 2 aromatic rings. The van der Waals surface area contributed by atoms with Crippen LogP contribution in [0.1, 0.15) is 32.8 Å². The predicted octanol–water partition coefficient (Wildman–Crippen LogP) is 1.58. The highest BCUT2D eigenvalue weighted by Gasteiger charge is 2.24. The summed E-state index contributed by atoms with van der Waals surface area (Å²) in [4.78, 5) is 33.0. The van der Waals surface area contributed by atoms with Crippen LogP contribution in [0.5, 0.6) is 0 Å². The molecule has 2 heterocycles. The lowest BCUT2D eigenvalue weighted by Crippen LogP contribution is -2.37. The Morgan fingerprint density at radius 2 is 1.79 bits per heavy atom. The molecule has 0 bridgehead atoms. The Kier molecular flexibility index (Phi) is 6.37. The predicted molar refractivity (Wildman–Crippen MR) is 104 cm³/mol. The van der Waals surface area contributed by atoms with Gasteiger partial charge in [-0.1, -0.05) is 6.07 Å². The van der Waals surface area contributed by atoms with E-state index in [0.29, 0.717) is 55.1 Å². The number of amides is 2. The first-order chi connectivity index (χ1) is 13.5. The molecule has 0 radical (unpaired) electrons. The second-order valence-electron chi connectivity index (χ2n) is 6.52. The van der Waals surface area contributed by atoms with Crippen LogP contribution in [0.2, 0.25) is 0 Å². The van der Waals surface area contributed by atoms with Gasteiger partial charge in [-0.2, -0.15) is 0 Å². The van der Waals surface area contributed by atoms with E-state index in [2.05, 4.69) is 9.71 Å². The zero-order valence-electron chi connectivity index (χ0n) is 15.5. The lowest BCUT2D eigenvalue weighted by molar-refractivity contribution is 0.0715. The number of aryl methyl sites for hydroxylation is 1. The van der Waals surface area contributed by atoms with Crippen molar-refractivity contribution in [3.05, 3.63) is 59.4 Å². The number of carbonyl (C=O) groups excluding carboxylic acids is 2. The maximum atomic E-state index is 12.9. The van der Waals surface area contributed by atoms with Gasteiger partial charge in [0.2, 0.25) is 0 Å². The van der Waals surface area contributed by atoms with Gasteiger partial charge in [-0.3, -0.25) is 18.8 Å². The molecule has 148 valence electrons. The molecular weight excluding hydrogens is 380 g/mol. The molecule has 9 heteroatoms. The molecule has 1 aromatic carbocycles. The highest BCUT2D eigenvalue weighted by Crippen LogP contribution is 2.19. The first-order valence-corrected chi connectivity index (χ1v) is 9.99. The Morgan fingerprint density at radius 1 is 1.07 bits per heavy atom. The van der Waals surface area contributed by atoms with Gasteiger partial charge in [-0.15, -0.1) is 0 Å². The van der Waals surface area contributed by atoms with E-state index in [4.69, 9.17) is 0 Å². The molecule has 0 aliphatic carbocycles. The van der Waals surface area contributed by atoms with Crippen LogP contribution in [0.25, 0.3) is 0 Å². The second kappa shape index (κ2) is 8.94. The molecular formula is C19H21N4O4S-. The summed E-state index contributed by atoms with van der Waals surface area (Å²) in [6, 6.07) is 10.1. The van der Waals surface area contributed by atoms with E-state index in [0.717, 1.165) is 0 Å². The molecule has 1 N–H and O–H groups in total. The summed E-state index contributed by atoms with van der Waals surface area (Å²) in [5.74, 6) is -0.267. The molecule has 1 aromatic heterocycles. The average Bonchev–Trinajstić information content (AvgIpc) is 2.95. The van der Waals surface area contributed by atoms with Crippen molar-refractivity contribution >= 4 is 28.8 Å². The summed E-state index contributed by atoms with van der Waals surface area (Å²) < 4.78 is 23.9. The van der Waals surface area contributed by atoms with Crippen LogP contribution in [-0.2, 0) is 11.3 Å². The number of aromatic nitrogens is 1. The average molecular weight is 401 g/mol. The van der Waals surface area contributed by atoms with Gasteiger partial charge in [0.15, 0.2) is 0 Å². The number of pyridine rings is 1. The number of nitrogens with zero attached hydrogens (tertiary/aromatic N) is 3. The SMILES string of the molecule is Cc1cc(C(=O)N2CCCN(C(=O)c3ccccn3)CC2)ccc1NS(=O)[O-]. The van der Waals surface area contributed by atoms with Gasteiger partial charge >= 0.3 is 0 Å². The summed E-state index contributed by atoms with van der Waals surface area (Å²) in [5.41, 5.74) is 1.99. The molecule has 1 atom stereocenters. The third-order valence-corrected chi connectivity index (χ3v) is 5.01. The fourth-order valence-electron chi connectivity index (χ4n) is 3.16. The van der Waals surface area contributed by atoms with Crippen LogP contribution in [-0.4, -0.2) is 61.5 Å². The van der Waals surface area contributed by atoms with Crippen LogP contribution < -0.4 is 4.72 Å². The van der Waals surface area contributed by atoms with Crippen LogP contribution in [0.4, 0.5) is 5.69 Å². The van der Waals surface area contributed by atoms with Crippen molar-refractivity contribution in [2.75, 3.05) is 30.9 Å². The van der Waals surface area contributed by atoms with Crippen molar-refractivity contribution in [2.24, 2.45) is 0 Å². The third kappa shape index (κ3) is 4.73. The van der Waals surface area contributed by atoms with E-state index >= 15 is 0 Å². The van der Waals surface area contributed by atoms with Crippen LogP contribution in [0.15, 0.2) is 42.6 Å². The number of benzene rings is 1. The molecule has 1 aliphatic heterocycles. The molecule has 3 rings (SSSR count). The monoisotopic (exact) mass is 401 g/mol. The highest BCUT2D eigenvalue weighted by molar-refractivity contribution is 7.80. The van der Waals surface area contributed by atoms with E-state index in [-0.39, 0.29) is 11.8 Å². The first-order valence-electron chi connectivity index (χ1n) is 8.92. The van der Waals surface area contributed by atoms with Gasteiger partial charge in [0, 0.05) is 54.9 Å². The number of carbonyl (C=O) groups is 2. The standard InChI is InChI=1S/C19H22N4O4S/c1-14-13-15(6-7-16(14)21-28(26)27)18(24)22-9-4-10-23(12-11-22)19(25)17-5-2-3-8-20-17/h2-3,5-8,13,21H,4,9-12H2,1H3,(H,26,27)/p-1. The largest absolute Gasteiger partial charge is 0.755 e. The lowest BCUT2D eigenvalue weighted by atomic mass is 10.1. The van der Waals surface area contributed by atoms with Crippen molar-refractivity contribution in [3.63, 3.8) is 0 Å². The Balaban J connectivity index is 1.66. The number of hydrogen-bond acceptors (Lipinski definition) is 5. The van der Waals surface area contributed by atoms with Crippen molar-refractivity contribution in [1.29, 1.82) is 0 Å². The quantitative estimate of drug-likeness (QED) is 0.783. The maximum absolute atomic E-state index is 12.9. The highest BCUT2D eigenvalue weighted by atomic mass is 32.2. The smallest absolute Gasteiger partial charge is 0.272 e. The minimum atomic E-state index is -2.41. The zero-order chi connectivity index (χ0) is 20.1. The summed E-state index contributed by atoms with van der Waals surface area (Å²) in [5, 5.41) is 0. The zero-order valence-corrected chi connectivity index (χ0v) is 16.3. The minimum Gasteiger partial charge on any atom is -0.755 e. The normalized spacial score (nSPS) is 15.6. The fraction of sp³-hybridized carbons (Fsp3) is 0.316. The Bertz CT molecular complexity index is 891. The molecule has 0 spiro atoms. The van der Waals surface area contributed by atoms with E-state index in [1.807, 2.05) is 0 Å². The van der Waals surface area contributed by atoms with E-state index in [9.17, 15) is 18.4 Å². The van der Waals surface area contributed by atoms with Crippen LogP contribution in [0, 0.1) is 6.92 Å². The van der Waals surface area contributed by atoms with Crippen LogP contribution >= 0.6 is 0 Å². The molecule has 8 nitrogen and oxygen atoms in total. The van der Waals surface area contributed by atoms with Crippen molar-refractivity contribution < 1.29 is 18.4 Å². The van der Waals surface area contributed by atoms with Gasteiger partial charge in [-0.05, 0) is 49.2 Å². The number of anilines is 1. The molecule has 0 saturated carbocycles. The third-order valence-electron chi connectivity index (χ3n) is 4.62. The van der Waals surface area contributed by atoms with Crippen molar-refractivity contribution in [3.8, 4) is 0 Å². The molecule has 28 heavy (non-hydrogen) atoms. The van der Waals surface area contributed by atoms with Gasteiger partial charge < -0.3 is 19.1 Å². The summed E-state index contributed by atoms with van der Waals surface area (Å²) in [6.07, 6.45) is 2.27. The summed E-state index contributed by atoms with van der Waals surface area (Å²) >= 11 is -2.41. The van der Waals surface area contributed by atoms with E-state index in [1.165, 1.54) is 0 Å². The molecule has 1 aliphatic rings. The Morgan fingerprint density at radius 3 is 2.39 bits per heavy atom. The topological polar surface area (TPSA) is 106 Å². The molecule has 1 unspecified atom stereocenters. The number of nitrogens with one attached hydrogen (secondary N) is 1. The van der Waals surface area contributed by atoms with Gasteiger partial charge in [0.1, 0.15) is 5.69 Å². The molecule has 1 fully saturated rings. The van der Waals surface area contributed by atoms with E-state index < -0.39 is 11.3 Å². The molecule has 2 amide bonds. The minimum absolute atomic E-state index is 0.133. The van der Waals surface area contributed by atoms with Crippen molar-refractivity contribution in [1.82, 2.24) is 14.8 Å².